The second-order valence-corrected chi connectivity index (χ2v) is 8.30. The van der Waals surface area contributed by atoms with Gasteiger partial charge in [0.15, 0.2) is 5.76 Å². The number of hydrogen-bond donors (Lipinski definition) is 1. The molecule has 0 unspecified atom stereocenters. The Labute approximate surface area is 181 Å². The third kappa shape index (κ3) is 4.05. The molecule has 1 aliphatic heterocycles. The van der Waals surface area contributed by atoms with Crippen LogP contribution in [0.2, 0.25) is 5.02 Å². The summed E-state index contributed by atoms with van der Waals surface area (Å²) in [5, 5.41) is 4.65. The van der Waals surface area contributed by atoms with Crippen molar-refractivity contribution in [3.8, 4) is 5.75 Å². The minimum atomic E-state index is -0.199. The summed E-state index contributed by atoms with van der Waals surface area (Å²) >= 11 is 6.26. The first kappa shape index (κ1) is 20.8. The first-order valence-corrected chi connectivity index (χ1v) is 10.7. The number of halogens is 1. The van der Waals surface area contributed by atoms with Crippen LogP contribution >= 0.6 is 11.6 Å². The number of rotatable bonds is 6. The molecule has 0 spiro atoms. The van der Waals surface area contributed by atoms with E-state index < -0.39 is 0 Å². The van der Waals surface area contributed by atoms with Crippen LogP contribution < -0.4 is 10.1 Å². The van der Waals surface area contributed by atoms with Gasteiger partial charge in [-0.1, -0.05) is 23.7 Å². The lowest BCUT2D eigenvalue weighted by molar-refractivity contribution is 0.0911. The minimum absolute atomic E-state index is 0.115. The van der Waals surface area contributed by atoms with Gasteiger partial charge >= 0.3 is 0 Å². The van der Waals surface area contributed by atoms with E-state index in [2.05, 4.69) is 22.3 Å². The highest BCUT2D eigenvalue weighted by atomic mass is 35.5. The van der Waals surface area contributed by atoms with Gasteiger partial charge in [0, 0.05) is 22.5 Å². The molecule has 3 aromatic rings. The average Bonchev–Trinajstić information content (AvgIpc) is 3.38. The van der Waals surface area contributed by atoms with Crippen molar-refractivity contribution in [2.75, 3.05) is 26.7 Å². The molecular formula is C24H27ClN2O3. The predicted octanol–water partition coefficient (Wildman–Crippen LogP) is 5.28. The number of likely N-dealkylation sites (tertiary alicyclic amines) is 1. The van der Waals surface area contributed by atoms with Gasteiger partial charge in [0.2, 0.25) is 0 Å². The van der Waals surface area contributed by atoms with Crippen molar-refractivity contribution in [2.24, 2.45) is 0 Å². The van der Waals surface area contributed by atoms with Gasteiger partial charge in [0.05, 0.1) is 13.2 Å². The second kappa shape index (κ2) is 8.70. The van der Waals surface area contributed by atoms with Crippen LogP contribution in [-0.4, -0.2) is 37.6 Å². The van der Waals surface area contributed by atoms with Crippen molar-refractivity contribution in [3.63, 3.8) is 0 Å². The van der Waals surface area contributed by atoms with Gasteiger partial charge < -0.3 is 14.5 Å². The molecule has 0 aliphatic carbocycles. The van der Waals surface area contributed by atoms with Gasteiger partial charge in [-0.05, 0) is 75.2 Å². The molecule has 6 heteroatoms. The van der Waals surface area contributed by atoms with Crippen molar-refractivity contribution in [3.05, 3.63) is 63.9 Å². The molecule has 2 heterocycles. The van der Waals surface area contributed by atoms with E-state index in [0.29, 0.717) is 22.9 Å². The number of aryl methyl sites for hydroxylation is 2. The van der Waals surface area contributed by atoms with Crippen molar-refractivity contribution >= 4 is 28.5 Å². The van der Waals surface area contributed by atoms with Gasteiger partial charge in [-0.15, -0.1) is 0 Å². The molecule has 1 N–H and O–H groups in total. The number of ether oxygens (including phenoxy) is 1. The summed E-state index contributed by atoms with van der Waals surface area (Å²) in [5.41, 5.74) is 3.59. The van der Waals surface area contributed by atoms with Crippen LogP contribution in [0.15, 0.2) is 40.8 Å². The fraction of sp³-hybridized carbons (Fsp3) is 0.375. The summed E-state index contributed by atoms with van der Waals surface area (Å²) in [6.07, 6.45) is 2.37. The fourth-order valence-electron chi connectivity index (χ4n) is 4.16. The minimum Gasteiger partial charge on any atom is -0.497 e. The number of benzene rings is 2. The van der Waals surface area contributed by atoms with Crippen molar-refractivity contribution < 1.29 is 13.9 Å². The molecule has 2 aromatic carbocycles. The normalized spacial score (nSPS) is 15.5. The Morgan fingerprint density at radius 3 is 2.57 bits per heavy atom. The van der Waals surface area contributed by atoms with Crippen LogP contribution in [0.1, 0.15) is 46.1 Å². The maximum atomic E-state index is 13.0. The number of hydrogen-bond acceptors (Lipinski definition) is 4. The number of carbonyl (C=O) groups is 1. The topological polar surface area (TPSA) is 54.7 Å². The summed E-state index contributed by atoms with van der Waals surface area (Å²) in [6, 6.07) is 11.9. The van der Waals surface area contributed by atoms with Crippen LogP contribution in [0.3, 0.4) is 0 Å². The van der Waals surface area contributed by atoms with Gasteiger partial charge in [-0.2, -0.15) is 0 Å². The number of nitrogens with zero attached hydrogens (tertiary/aromatic N) is 1. The molecule has 1 aromatic heterocycles. The lowest BCUT2D eigenvalue weighted by atomic mass is 10.0. The number of nitrogens with one attached hydrogen (secondary N) is 1. The van der Waals surface area contributed by atoms with Crippen molar-refractivity contribution in [1.82, 2.24) is 10.2 Å². The van der Waals surface area contributed by atoms with E-state index in [4.69, 9.17) is 20.8 Å². The molecule has 1 atom stereocenters. The zero-order valence-corrected chi connectivity index (χ0v) is 18.4. The van der Waals surface area contributed by atoms with Crippen molar-refractivity contribution in [2.45, 2.75) is 32.7 Å². The number of amides is 1. The highest BCUT2D eigenvalue weighted by molar-refractivity contribution is 6.32. The SMILES string of the molecule is COc1ccc([C@@H](CNC(=O)c2oc3cc(C)c(Cl)cc3c2C)N2CCCC2)cc1. The van der Waals surface area contributed by atoms with E-state index in [0.717, 1.165) is 35.4 Å². The highest BCUT2D eigenvalue weighted by Crippen LogP contribution is 2.31. The molecule has 0 bridgehead atoms. The van der Waals surface area contributed by atoms with E-state index in [1.165, 1.54) is 18.4 Å². The van der Waals surface area contributed by atoms with Crippen LogP contribution in [0, 0.1) is 13.8 Å². The number of furan rings is 1. The molecule has 1 fully saturated rings. The third-order valence-corrected chi connectivity index (χ3v) is 6.37. The Hall–Kier alpha value is -2.50. The van der Waals surface area contributed by atoms with Crippen LogP contribution in [-0.2, 0) is 0 Å². The summed E-state index contributed by atoms with van der Waals surface area (Å²) < 4.78 is 11.2. The Bertz CT molecular complexity index is 1050. The molecule has 30 heavy (non-hydrogen) atoms. The molecule has 5 nitrogen and oxygen atoms in total. The Morgan fingerprint density at radius 2 is 1.90 bits per heavy atom. The van der Waals surface area contributed by atoms with Crippen LogP contribution in [0.25, 0.3) is 11.0 Å². The smallest absolute Gasteiger partial charge is 0.287 e. The van der Waals surface area contributed by atoms with Gasteiger partial charge in [-0.25, -0.2) is 0 Å². The molecule has 4 rings (SSSR count). The Balaban J connectivity index is 1.55. The van der Waals surface area contributed by atoms with Gasteiger partial charge in [0.1, 0.15) is 11.3 Å². The molecule has 0 radical (unpaired) electrons. The number of carbonyl (C=O) groups excluding carboxylic acids is 1. The summed E-state index contributed by atoms with van der Waals surface area (Å²) in [7, 11) is 1.66. The largest absolute Gasteiger partial charge is 0.497 e. The predicted molar refractivity (Wildman–Crippen MR) is 120 cm³/mol. The second-order valence-electron chi connectivity index (χ2n) is 7.90. The lowest BCUT2D eigenvalue weighted by Gasteiger charge is -2.28. The van der Waals surface area contributed by atoms with E-state index >= 15 is 0 Å². The number of methoxy groups -OCH3 is 1. The van der Waals surface area contributed by atoms with E-state index in [-0.39, 0.29) is 11.9 Å². The van der Waals surface area contributed by atoms with Gasteiger partial charge in [0.25, 0.3) is 5.91 Å². The monoisotopic (exact) mass is 426 g/mol. The van der Waals surface area contributed by atoms with Gasteiger partial charge in [-0.3, -0.25) is 9.69 Å². The van der Waals surface area contributed by atoms with E-state index in [1.807, 2.05) is 38.1 Å². The van der Waals surface area contributed by atoms with Crippen LogP contribution in [0.4, 0.5) is 0 Å². The third-order valence-electron chi connectivity index (χ3n) is 5.96. The average molecular weight is 427 g/mol. The molecule has 158 valence electrons. The number of fused-ring (bicyclic) bond motifs is 1. The first-order valence-electron chi connectivity index (χ1n) is 10.3. The molecule has 0 saturated carbocycles. The van der Waals surface area contributed by atoms with Crippen molar-refractivity contribution in [1.29, 1.82) is 0 Å². The molecule has 1 saturated heterocycles. The van der Waals surface area contributed by atoms with E-state index in [1.54, 1.807) is 7.11 Å². The maximum Gasteiger partial charge on any atom is 0.287 e. The maximum absolute atomic E-state index is 13.0. The summed E-state index contributed by atoms with van der Waals surface area (Å²) in [4.78, 5) is 15.4. The molecule has 1 aliphatic rings. The van der Waals surface area contributed by atoms with Crippen LogP contribution in [0.5, 0.6) is 5.75 Å². The molecule has 1 amide bonds. The molecular weight excluding hydrogens is 400 g/mol. The zero-order chi connectivity index (χ0) is 21.3. The zero-order valence-electron chi connectivity index (χ0n) is 17.6. The Morgan fingerprint density at radius 1 is 1.20 bits per heavy atom. The lowest BCUT2D eigenvalue weighted by Crippen LogP contribution is -2.36. The first-order chi connectivity index (χ1) is 14.5. The van der Waals surface area contributed by atoms with E-state index in [9.17, 15) is 4.79 Å². The fourth-order valence-corrected chi connectivity index (χ4v) is 4.33. The standard InChI is InChI=1S/C24H27ClN2O3/c1-15-12-22-19(13-20(15)25)16(2)23(30-22)24(28)26-14-21(27-10-4-5-11-27)17-6-8-18(29-3)9-7-17/h6-9,12-13,21H,4-5,10-11,14H2,1-3H3,(H,26,28)/t21-/m1/s1. The quantitative estimate of drug-likeness (QED) is 0.582. The Kier molecular flexibility index (Phi) is 6.02. The highest BCUT2D eigenvalue weighted by Gasteiger charge is 2.25. The summed E-state index contributed by atoms with van der Waals surface area (Å²) in [5.74, 6) is 0.978. The summed E-state index contributed by atoms with van der Waals surface area (Å²) in [6.45, 7) is 6.41.